The van der Waals surface area contributed by atoms with Crippen molar-refractivity contribution < 1.29 is 9.18 Å². The van der Waals surface area contributed by atoms with Crippen LogP contribution in [0.2, 0.25) is 0 Å². The summed E-state index contributed by atoms with van der Waals surface area (Å²) in [6, 6.07) is 15.3. The van der Waals surface area contributed by atoms with E-state index in [0.717, 1.165) is 41.2 Å². The second kappa shape index (κ2) is 8.16. The van der Waals surface area contributed by atoms with Crippen LogP contribution in [0.3, 0.4) is 0 Å². The molecule has 0 radical (unpaired) electrons. The number of nitrogens with one attached hydrogen (secondary N) is 2. The highest BCUT2D eigenvalue weighted by atomic mass is 19.1. The van der Waals surface area contributed by atoms with Crippen LogP contribution in [0, 0.1) is 23.2 Å². The maximum Gasteiger partial charge on any atom is 0.255 e. The van der Waals surface area contributed by atoms with Crippen LogP contribution < -0.4 is 10.6 Å². The van der Waals surface area contributed by atoms with Crippen molar-refractivity contribution in [3.63, 3.8) is 0 Å². The van der Waals surface area contributed by atoms with Crippen LogP contribution in [-0.4, -0.2) is 28.4 Å². The molecule has 1 aromatic heterocycles. The number of rotatable bonds is 5. The van der Waals surface area contributed by atoms with E-state index in [1.165, 1.54) is 12.1 Å². The Balaban J connectivity index is 1.32. The fourth-order valence-electron chi connectivity index (χ4n) is 4.31. The molecule has 2 atom stereocenters. The van der Waals surface area contributed by atoms with Gasteiger partial charge >= 0.3 is 0 Å². The summed E-state index contributed by atoms with van der Waals surface area (Å²) in [5.74, 6) is -0.153. The molecule has 158 valence electrons. The fourth-order valence-corrected chi connectivity index (χ4v) is 4.31. The van der Waals surface area contributed by atoms with Gasteiger partial charge in [-0.2, -0.15) is 5.26 Å². The molecule has 5 rings (SSSR count). The summed E-state index contributed by atoms with van der Waals surface area (Å²) in [5.41, 5.74) is 4.71. The first-order valence-electron chi connectivity index (χ1n) is 10.4. The highest BCUT2D eigenvalue weighted by Crippen LogP contribution is 2.35. The van der Waals surface area contributed by atoms with E-state index in [-0.39, 0.29) is 17.8 Å². The number of carbonyl (C=O) groups excluding carboxylic acids is 1. The van der Waals surface area contributed by atoms with Crippen LogP contribution in [0.1, 0.15) is 16.8 Å². The standard InChI is InChI=1S/C25H20FN5O/c26-19-5-7-20(8-6-19)29-22-9-10-28-13-21(22)17-1-3-18(4-2-17)25(32)30-23-11-16-12-24(23)31(14-16)15-27/h1-11,13,16,24H,12,14H2,(H,28,29)(H,30,32). The predicted octanol–water partition coefficient (Wildman–Crippen LogP) is 4.43. The van der Waals surface area contributed by atoms with Crippen LogP contribution in [0.4, 0.5) is 15.8 Å². The van der Waals surface area contributed by atoms with Crippen molar-refractivity contribution in [1.82, 2.24) is 15.2 Å². The molecule has 1 aliphatic heterocycles. The molecule has 0 spiro atoms. The Bertz CT molecular complexity index is 1230. The quantitative estimate of drug-likeness (QED) is 0.591. The van der Waals surface area contributed by atoms with Crippen LogP contribution >= 0.6 is 0 Å². The second-order valence-electron chi connectivity index (χ2n) is 7.97. The topological polar surface area (TPSA) is 81.1 Å². The van der Waals surface area contributed by atoms with Crippen molar-refractivity contribution in [3.05, 3.63) is 90.1 Å². The lowest BCUT2D eigenvalue weighted by Gasteiger charge is -2.23. The second-order valence-corrected chi connectivity index (χ2v) is 7.97. The number of hydrogen-bond donors (Lipinski definition) is 2. The average Bonchev–Trinajstić information content (AvgIpc) is 3.41. The zero-order valence-corrected chi connectivity index (χ0v) is 17.1. The van der Waals surface area contributed by atoms with Crippen molar-refractivity contribution in [2.45, 2.75) is 12.5 Å². The van der Waals surface area contributed by atoms with E-state index in [1.54, 1.807) is 41.6 Å². The molecule has 1 saturated heterocycles. The summed E-state index contributed by atoms with van der Waals surface area (Å²) < 4.78 is 13.2. The molecule has 2 bridgehead atoms. The number of anilines is 2. The molecule has 6 nitrogen and oxygen atoms in total. The lowest BCUT2D eigenvalue weighted by molar-refractivity contribution is 0.0960. The van der Waals surface area contributed by atoms with Gasteiger partial charge < -0.3 is 15.5 Å². The lowest BCUT2D eigenvalue weighted by Crippen LogP contribution is -2.36. The predicted molar refractivity (Wildman–Crippen MR) is 119 cm³/mol. The van der Waals surface area contributed by atoms with Crippen LogP contribution in [0.25, 0.3) is 11.1 Å². The van der Waals surface area contributed by atoms with Gasteiger partial charge in [-0.05, 0) is 60.4 Å². The van der Waals surface area contributed by atoms with E-state index < -0.39 is 0 Å². The number of pyridine rings is 1. The van der Waals surface area contributed by atoms with E-state index in [2.05, 4.69) is 27.9 Å². The summed E-state index contributed by atoms with van der Waals surface area (Å²) in [6.07, 6.45) is 8.58. The Morgan fingerprint density at radius 2 is 1.91 bits per heavy atom. The Morgan fingerprint density at radius 1 is 1.12 bits per heavy atom. The number of benzene rings is 2. The highest BCUT2D eigenvalue weighted by molar-refractivity contribution is 5.96. The normalized spacial score (nSPS) is 18.8. The molecular weight excluding hydrogens is 405 g/mol. The Morgan fingerprint density at radius 3 is 2.62 bits per heavy atom. The lowest BCUT2D eigenvalue weighted by atomic mass is 10.0. The maximum atomic E-state index is 13.2. The van der Waals surface area contributed by atoms with Gasteiger partial charge in [-0.1, -0.05) is 18.2 Å². The first-order valence-corrected chi connectivity index (χ1v) is 10.4. The zero-order chi connectivity index (χ0) is 22.1. The van der Waals surface area contributed by atoms with E-state index in [4.69, 9.17) is 0 Å². The highest BCUT2D eigenvalue weighted by Gasteiger charge is 2.39. The maximum absolute atomic E-state index is 13.2. The number of hydrogen-bond acceptors (Lipinski definition) is 5. The van der Waals surface area contributed by atoms with Gasteiger partial charge in [-0.25, -0.2) is 4.39 Å². The molecule has 2 unspecified atom stereocenters. The summed E-state index contributed by atoms with van der Waals surface area (Å²) in [5, 5.41) is 15.5. The van der Waals surface area contributed by atoms with Gasteiger partial charge in [0.2, 0.25) is 0 Å². The Hall–Kier alpha value is -4.18. The number of carbonyl (C=O) groups is 1. The molecular formula is C25H20FN5O. The minimum absolute atomic E-state index is 0.0243. The molecule has 2 heterocycles. The molecule has 2 aromatic carbocycles. The van der Waals surface area contributed by atoms with Crippen molar-refractivity contribution in [3.8, 4) is 17.3 Å². The minimum atomic E-state index is -0.291. The number of aromatic nitrogens is 1. The zero-order valence-electron chi connectivity index (χ0n) is 17.1. The van der Waals surface area contributed by atoms with Crippen molar-refractivity contribution in [2.75, 3.05) is 11.9 Å². The van der Waals surface area contributed by atoms with Gasteiger partial charge in [0, 0.05) is 47.1 Å². The van der Waals surface area contributed by atoms with Crippen LogP contribution in [-0.2, 0) is 0 Å². The number of amides is 1. The first-order chi connectivity index (χ1) is 15.6. The van der Waals surface area contributed by atoms with E-state index in [9.17, 15) is 14.4 Å². The number of likely N-dealkylation sites (tertiary alicyclic amines) is 1. The summed E-state index contributed by atoms with van der Waals surface area (Å²) >= 11 is 0. The van der Waals surface area contributed by atoms with Gasteiger partial charge in [0.15, 0.2) is 6.19 Å². The van der Waals surface area contributed by atoms with E-state index in [1.807, 2.05) is 18.2 Å². The largest absolute Gasteiger partial charge is 0.355 e. The van der Waals surface area contributed by atoms with Gasteiger partial charge in [0.05, 0.1) is 6.04 Å². The number of fused-ring (bicyclic) bond motifs is 2. The van der Waals surface area contributed by atoms with Gasteiger partial charge in [-0.3, -0.25) is 9.78 Å². The van der Waals surface area contributed by atoms with E-state index in [0.29, 0.717) is 11.5 Å². The fraction of sp³-hybridized carbons (Fsp3) is 0.160. The molecule has 1 fully saturated rings. The van der Waals surface area contributed by atoms with E-state index >= 15 is 0 Å². The molecule has 0 saturated carbocycles. The molecule has 1 amide bonds. The number of nitriles is 1. The van der Waals surface area contributed by atoms with Crippen LogP contribution in [0.15, 0.2) is 78.8 Å². The molecule has 2 aliphatic rings. The smallest absolute Gasteiger partial charge is 0.255 e. The van der Waals surface area contributed by atoms with Gasteiger partial charge in [0.1, 0.15) is 5.82 Å². The summed E-state index contributed by atoms with van der Waals surface area (Å²) in [7, 11) is 0. The Kier molecular flexibility index (Phi) is 5.04. The first kappa shape index (κ1) is 19.8. The Labute approximate surface area is 185 Å². The monoisotopic (exact) mass is 425 g/mol. The minimum Gasteiger partial charge on any atom is -0.355 e. The third-order valence-corrected chi connectivity index (χ3v) is 5.90. The number of halogens is 1. The third kappa shape index (κ3) is 3.79. The van der Waals surface area contributed by atoms with Gasteiger partial charge in [0.25, 0.3) is 5.91 Å². The van der Waals surface area contributed by atoms with Crippen molar-refractivity contribution in [2.24, 2.45) is 5.92 Å². The SMILES string of the molecule is N#CN1CC2C=C(NC(=O)c3ccc(-c4cnccc4Nc4ccc(F)cc4)cc3)C1C2. The van der Waals surface area contributed by atoms with Gasteiger partial charge in [-0.15, -0.1) is 0 Å². The van der Waals surface area contributed by atoms with Crippen molar-refractivity contribution in [1.29, 1.82) is 5.26 Å². The average molecular weight is 425 g/mol. The number of nitrogens with zero attached hydrogens (tertiary/aromatic N) is 3. The van der Waals surface area contributed by atoms with Crippen molar-refractivity contribution >= 4 is 17.3 Å². The molecule has 32 heavy (non-hydrogen) atoms. The summed E-state index contributed by atoms with van der Waals surface area (Å²) in [4.78, 5) is 18.7. The molecule has 1 aliphatic carbocycles. The summed E-state index contributed by atoms with van der Waals surface area (Å²) in [6.45, 7) is 0.731. The van der Waals surface area contributed by atoms with Crippen LogP contribution in [0.5, 0.6) is 0 Å². The molecule has 7 heteroatoms. The third-order valence-electron chi connectivity index (χ3n) is 5.90. The molecule has 3 aromatic rings. The molecule has 2 N–H and O–H groups in total.